The Morgan fingerprint density at radius 2 is 1.61 bits per heavy atom. The van der Waals surface area contributed by atoms with Crippen molar-refractivity contribution in [1.29, 1.82) is 0 Å². The van der Waals surface area contributed by atoms with Crippen molar-refractivity contribution in [3.63, 3.8) is 0 Å². The molecule has 3 rings (SSSR count). The molecule has 142 valence electrons. The maximum Gasteiger partial charge on any atom is 0.433 e. The summed E-state index contributed by atoms with van der Waals surface area (Å²) in [5.74, 6) is -2.30. The molecule has 3 aromatic rings. The average Bonchev–Trinajstić information content (AvgIpc) is 3.22. The van der Waals surface area contributed by atoms with Gasteiger partial charge < -0.3 is 14.1 Å². The van der Waals surface area contributed by atoms with Crippen molar-refractivity contribution >= 4 is 23.4 Å². The Bertz CT molecular complexity index is 969. The zero-order chi connectivity index (χ0) is 19.9. The summed E-state index contributed by atoms with van der Waals surface area (Å²) in [5.41, 5.74) is 1.56. The number of ether oxygens (including phenoxy) is 1. The van der Waals surface area contributed by atoms with Crippen molar-refractivity contribution in [3.8, 4) is 0 Å². The lowest BCUT2D eigenvalue weighted by Crippen LogP contribution is -2.34. The fourth-order valence-corrected chi connectivity index (χ4v) is 2.51. The van der Waals surface area contributed by atoms with E-state index in [0.717, 1.165) is 17.7 Å². The first kappa shape index (κ1) is 18.8. The number of hydrogen-bond acceptors (Lipinski definition) is 6. The molecule has 1 amide bonds. The van der Waals surface area contributed by atoms with Crippen LogP contribution in [0.3, 0.4) is 0 Å². The van der Waals surface area contributed by atoms with Crippen LogP contribution in [-0.4, -0.2) is 23.4 Å². The van der Waals surface area contributed by atoms with Gasteiger partial charge in [0, 0.05) is 5.69 Å². The van der Waals surface area contributed by atoms with Crippen LogP contribution in [0.15, 0.2) is 77.2 Å². The van der Waals surface area contributed by atoms with E-state index < -0.39 is 29.3 Å². The van der Waals surface area contributed by atoms with E-state index in [1.165, 1.54) is 4.90 Å². The van der Waals surface area contributed by atoms with E-state index in [-0.39, 0.29) is 5.76 Å². The van der Waals surface area contributed by atoms with Crippen LogP contribution < -0.4 is 4.90 Å². The van der Waals surface area contributed by atoms with Crippen molar-refractivity contribution < 1.29 is 23.7 Å². The van der Waals surface area contributed by atoms with E-state index in [4.69, 9.17) is 9.15 Å². The molecule has 0 N–H and O–H groups in total. The number of nitrogens with zero attached hydrogens (tertiary/aromatic N) is 2. The van der Waals surface area contributed by atoms with E-state index in [0.29, 0.717) is 12.2 Å². The van der Waals surface area contributed by atoms with Crippen LogP contribution in [-0.2, 0) is 16.1 Å². The van der Waals surface area contributed by atoms with Gasteiger partial charge in [0.25, 0.3) is 5.91 Å². The molecule has 0 aliphatic heterocycles. The van der Waals surface area contributed by atoms with Gasteiger partial charge in [0.05, 0.1) is 12.6 Å². The van der Waals surface area contributed by atoms with Crippen molar-refractivity contribution in [3.05, 3.63) is 94.2 Å². The summed E-state index contributed by atoms with van der Waals surface area (Å²) in [5, 5.41) is 10.6. The largest absolute Gasteiger partial charge is 0.450 e. The highest BCUT2D eigenvalue weighted by atomic mass is 16.7. The molecule has 0 fully saturated rings. The number of anilines is 1. The van der Waals surface area contributed by atoms with E-state index in [9.17, 15) is 19.7 Å². The van der Waals surface area contributed by atoms with E-state index in [1.54, 1.807) is 24.3 Å². The number of amides is 1. The summed E-state index contributed by atoms with van der Waals surface area (Å²) in [6.45, 7) is -0.234. The molecule has 0 unspecified atom stereocenters. The quantitative estimate of drug-likeness (QED) is 0.353. The van der Waals surface area contributed by atoms with Crippen LogP contribution in [0.2, 0.25) is 0 Å². The normalized spacial score (nSPS) is 10.3. The second-order valence-electron chi connectivity index (χ2n) is 5.77. The van der Waals surface area contributed by atoms with Crippen LogP contribution in [0.4, 0.5) is 11.6 Å². The third-order valence-electron chi connectivity index (χ3n) is 3.85. The number of rotatable bonds is 7. The third kappa shape index (κ3) is 4.61. The minimum absolute atomic E-state index is 0.299. The standard InChI is InChI=1S/C20H16N2O6/c23-18(14-27-20(24)17-11-12-19(28-17)22(25)26)21(16-9-5-2-6-10-16)13-15-7-3-1-4-8-15/h1-12H,13-14H2. The topological polar surface area (TPSA) is 103 Å². The number of benzene rings is 2. The molecule has 28 heavy (non-hydrogen) atoms. The molecule has 0 aliphatic carbocycles. The second-order valence-corrected chi connectivity index (χ2v) is 5.77. The van der Waals surface area contributed by atoms with Crippen LogP contribution in [0.1, 0.15) is 16.1 Å². The molecule has 0 aliphatic rings. The molecule has 0 spiro atoms. The summed E-state index contributed by atoms with van der Waals surface area (Å²) >= 11 is 0. The predicted molar refractivity (Wildman–Crippen MR) is 99.7 cm³/mol. The molecule has 1 heterocycles. The van der Waals surface area contributed by atoms with Crippen LogP contribution >= 0.6 is 0 Å². The fraction of sp³-hybridized carbons (Fsp3) is 0.100. The Morgan fingerprint density at radius 3 is 2.21 bits per heavy atom. The van der Waals surface area contributed by atoms with Gasteiger partial charge in [-0.3, -0.25) is 14.9 Å². The first-order valence-electron chi connectivity index (χ1n) is 8.35. The number of carbonyl (C=O) groups is 2. The van der Waals surface area contributed by atoms with Gasteiger partial charge in [-0.15, -0.1) is 0 Å². The van der Waals surface area contributed by atoms with Gasteiger partial charge in [-0.25, -0.2) is 4.79 Å². The molecule has 0 saturated carbocycles. The smallest absolute Gasteiger partial charge is 0.433 e. The van der Waals surface area contributed by atoms with Gasteiger partial charge in [-0.1, -0.05) is 48.5 Å². The SMILES string of the molecule is O=C(OCC(=O)N(Cc1ccccc1)c1ccccc1)c1ccc([N+](=O)[O-])o1. The maximum absolute atomic E-state index is 12.7. The van der Waals surface area contributed by atoms with Crippen molar-refractivity contribution in [2.75, 3.05) is 11.5 Å². The van der Waals surface area contributed by atoms with Crippen LogP contribution in [0.5, 0.6) is 0 Å². The van der Waals surface area contributed by atoms with E-state index in [1.807, 2.05) is 36.4 Å². The highest BCUT2D eigenvalue weighted by Crippen LogP contribution is 2.19. The molecule has 1 aromatic heterocycles. The lowest BCUT2D eigenvalue weighted by Gasteiger charge is -2.22. The Labute approximate surface area is 160 Å². The number of carbonyl (C=O) groups excluding carboxylic acids is 2. The van der Waals surface area contributed by atoms with E-state index in [2.05, 4.69) is 0 Å². The summed E-state index contributed by atoms with van der Waals surface area (Å²) in [6, 6.07) is 20.5. The minimum Gasteiger partial charge on any atom is -0.450 e. The van der Waals surface area contributed by atoms with Crippen molar-refractivity contribution in [2.24, 2.45) is 0 Å². The third-order valence-corrected chi connectivity index (χ3v) is 3.85. The Balaban J connectivity index is 1.70. The van der Waals surface area contributed by atoms with Gasteiger partial charge in [-0.2, -0.15) is 0 Å². The fourth-order valence-electron chi connectivity index (χ4n) is 2.51. The number of nitro groups is 1. The molecule has 8 nitrogen and oxygen atoms in total. The van der Waals surface area contributed by atoms with Crippen molar-refractivity contribution in [1.82, 2.24) is 0 Å². The minimum atomic E-state index is -0.950. The number of para-hydroxylation sites is 1. The van der Waals surface area contributed by atoms with Gasteiger partial charge in [0.1, 0.15) is 4.92 Å². The molecule has 0 atom stereocenters. The first-order valence-corrected chi connectivity index (χ1v) is 8.35. The highest BCUT2D eigenvalue weighted by molar-refractivity contribution is 5.96. The number of hydrogen-bond donors (Lipinski definition) is 0. The van der Waals surface area contributed by atoms with Gasteiger partial charge in [0.15, 0.2) is 6.61 Å². The predicted octanol–water partition coefficient (Wildman–Crippen LogP) is 3.58. The lowest BCUT2D eigenvalue weighted by molar-refractivity contribution is -0.402. The highest BCUT2D eigenvalue weighted by Gasteiger charge is 2.22. The van der Waals surface area contributed by atoms with Crippen LogP contribution in [0.25, 0.3) is 0 Å². The monoisotopic (exact) mass is 380 g/mol. The molecular formula is C20H16N2O6. The summed E-state index contributed by atoms with van der Waals surface area (Å²) in [6.07, 6.45) is 0. The zero-order valence-corrected chi connectivity index (χ0v) is 14.7. The summed E-state index contributed by atoms with van der Waals surface area (Å²) in [4.78, 5) is 36.1. The molecule has 0 radical (unpaired) electrons. The van der Waals surface area contributed by atoms with Gasteiger partial charge in [-0.05, 0) is 23.8 Å². The van der Waals surface area contributed by atoms with Gasteiger partial charge >= 0.3 is 11.9 Å². The molecule has 0 bridgehead atoms. The lowest BCUT2D eigenvalue weighted by atomic mass is 10.2. The summed E-state index contributed by atoms with van der Waals surface area (Å²) < 4.78 is 9.76. The second kappa shape index (κ2) is 8.63. The number of furan rings is 1. The summed E-state index contributed by atoms with van der Waals surface area (Å²) in [7, 11) is 0. The first-order chi connectivity index (χ1) is 13.5. The zero-order valence-electron chi connectivity index (χ0n) is 14.7. The Morgan fingerprint density at radius 1 is 0.964 bits per heavy atom. The van der Waals surface area contributed by atoms with Crippen LogP contribution in [0, 0.1) is 10.1 Å². The van der Waals surface area contributed by atoms with Gasteiger partial charge in [0.2, 0.25) is 5.76 Å². The van der Waals surface area contributed by atoms with Crippen molar-refractivity contribution in [2.45, 2.75) is 6.54 Å². The average molecular weight is 380 g/mol. The Kier molecular flexibility index (Phi) is 5.81. The molecule has 0 saturated heterocycles. The Hall–Kier alpha value is -3.94. The number of esters is 1. The van der Waals surface area contributed by atoms with E-state index >= 15 is 0 Å². The maximum atomic E-state index is 12.7. The molecule has 2 aromatic carbocycles. The molecular weight excluding hydrogens is 364 g/mol. The molecule has 8 heteroatoms.